The molecule has 1 fully saturated rings. The van der Waals surface area contributed by atoms with E-state index < -0.39 is 5.82 Å². The van der Waals surface area contributed by atoms with E-state index in [1.54, 1.807) is 12.3 Å². The third kappa shape index (κ3) is 3.37. The van der Waals surface area contributed by atoms with E-state index >= 15 is 4.39 Å². The topological polar surface area (TPSA) is 75.2 Å². The highest BCUT2D eigenvalue weighted by Crippen LogP contribution is 2.30. The van der Waals surface area contributed by atoms with Gasteiger partial charge >= 0.3 is 0 Å². The van der Waals surface area contributed by atoms with Crippen LogP contribution in [0, 0.1) is 25.6 Å². The predicted octanol–water partition coefficient (Wildman–Crippen LogP) is 4.22. The van der Waals surface area contributed by atoms with Gasteiger partial charge in [-0.15, -0.1) is 0 Å². The van der Waals surface area contributed by atoms with Crippen molar-refractivity contribution in [2.24, 2.45) is 11.1 Å². The van der Waals surface area contributed by atoms with E-state index in [0.29, 0.717) is 29.4 Å². The molecule has 1 aliphatic rings. The summed E-state index contributed by atoms with van der Waals surface area (Å²) in [6.07, 6.45) is 7.12. The van der Waals surface area contributed by atoms with Crippen LogP contribution in [-0.4, -0.2) is 27.8 Å². The number of rotatable bonds is 6. The second kappa shape index (κ2) is 6.74. The quantitative estimate of drug-likeness (QED) is 0.514. The van der Waals surface area contributed by atoms with Gasteiger partial charge in [0.1, 0.15) is 17.9 Å². The third-order valence-electron chi connectivity index (χ3n) is 4.42. The number of nitrogens with zero attached hydrogens (tertiary/aromatic N) is 3. The Balaban J connectivity index is 1.69. The summed E-state index contributed by atoms with van der Waals surface area (Å²) in [6, 6.07) is 3.79. The number of aryl methyl sites for hydroxylation is 2. The van der Waals surface area contributed by atoms with Crippen LogP contribution in [-0.2, 0) is 4.84 Å². The van der Waals surface area contributed by atoms with Crippen molar-refractivity contribution >= 4 is 28.8 Å². The number of H-pyrrole nitrogens is 1. The Kier molecular flexibility index (Phi) is 4.28. The Morgan fingerprint density at radius 2 is 2.19 bits per heavy atom. The van der Waals surface area contributed by atoms with Crippen LogP contribution in [0.2, 0.25) is 0 Å². The first-order chi connectivity index (χ1) is 12.6. The fourth-order valence-corrected chi connectivity index (χ4v) is 2.78. The first-order valence-electron chi connectivity index (χ1n) is 8.63. The lowest BCUT2D eigenvalue weighted by Gasteiger charge is -2.13. The number of fused-ring (bicyclic) bond motifs is 1. The zero-order chi connectivity index (χ0) is 18.1. The summed E-state index contributed by atoms with van der Waals surface area (Å²) < 4.78 is 15.0. The van der Waals surface area contributed by atoms with Crippen molar-refractivity contribution in [3.63, 3.8) is 0 Å². The zero-order valence-corrected chi connectivity index (χ0v) is 14.7. The van der Waals surface area contributed by atoms with Crippen LogP contribution in [0.4, 0.5) is 15.9 Å². The number of aromatic nitrogens is 3. The number of pyridine rings is 1. The molecule has 0 saturated heterocycles. The maximum Gasteiger partial charge on any atom is 0.175 e. The van der Waals surface area contributed by atoms with Crippen molar-refractivity contribution in [3.8, 4) is 0 Å². The molecule has 26 heavy (non-hydrogen) atoms. The lowest BCUT2D eigenvalue weighted by molar-refractivity contribution is 0.135. The predicted molar refractivity (Wildman–Crippen MR) is 99.3 cm³/mol. The average Bonchev–Trinajstić information content (AvgIpc) is 3.32. The van der Waals surface area contributed by atoms with E-state index in [4.69, 9.17) is 4.84 Å². The van der Waals surface area contributed by atoms with E-state index in [0.717, 1.165) is 11.1 Å². The molecular formula is C19H20FN5O. The van der Waals surface area contributed by atoms with Gasteiger partial charge in [-0.1, -0.05) is 11.2 Å². The molecule has 6 nitrogen and oxygen atoms in total. The Bertz CT molecular complexity index is 977. The van der Waals surface area contributed by atoms with Crippen LogP contribution in [0.15, 0.2) is 29.8 Å². The van der Waals surface area contributed by atoms with Gasteiger partial charge < -0.3 is 15.1 Å². The Morgan fingerprint density at radius 1 is 1.35 bits per heavy atom. The second-order valence-corrected chi connectivity index (χ2v) is 6.73. The van der Waals surface area contributed by atoms with Crippen molar-refractivity contribution in [2.75, 3.05) is 11.9 Å². The van der Waals surface area contributed by atoms with E-state index in [1.807, 2.05) is 19.9 Å². The Morgan fingerprint density at radius 3 is 2.96 bits per heavy atom. The van der Waals surface area contributed by atoms with Gasteiger partial charge in [0.2, 0.25) is 0 Å². The number of hydrogen-bond donors (Lipinski definition) is 2. The summed E-state index contributed by atoms with van der Waals surface area (Å²) in [7, 11) is 0. The summed E-state index contributed by atoms with van der Waals surface area (Å²) in [6.45, 7) is 4.50. The molecule has 3 aromatic rings. The molecule has 0 radical (unpaired) electrons. The Labute approximate surface area is 150 Å². The van der Waals surface area contributed by atoms with Gasteiger partial charge in [0.25, 0.3) is 0 Å². The largest absolute Gasteiger partial charge is 0.396 e. The van der Waals surface area contributed by atoms with Gasteiger partial charge in [0, 0.05) is 11.8 Å². The zero-order valence-electron chi connectivity index (χ0n) is 14.7. The molecule has 134 valence electrons. The summed E-state index contributed by atoms with van der Waals surface area (Å²) in [5, 5.41) is 7.10. The molecular weight excluding hydrogens is 333 g/mol. The van der Waals surface area contributed by atoms with E-state index in [1.165, 1.54) is 25.4 Å². The number of imidazole rings is 1. The molecule has 2 heterocycles. The van der Waals surface area contributed by atoms with Crippen molar-refractivity contribution in [1.82, 2.24) is 15.0 Å². The standard InChI is InChI=1S/C19H20FN5O/c1-11-5-12(2)19(21-7-11)25-17-14(8-24-26-9-13-3-4-13)6-15-18(16(17)20)23-10-22-15/h5-8,10,13H,3-4,9H2,1-2H3,(H,21,25)(H,22,23)/b24-8+. The van der Waals surface area contributed by atoms with Crippen molar-refractivity contribution < 1.29 is 9.23 Å². The number of hydrogen-bond acceptors (Lipinski definition) is 5. The number of anilines is 2. The van der Waals surface area contributed by atoms with Crippen LogP contribution < -0.4 is 5.32 Å². The molecule has 0 atom stereocenters. The summed E-state index contributed by atoms with van der Waals surface area (Å²) in [5.74, 6) is 0.753. The molecule has 0 amide bonds. The first-order valence-corrected chi connectivity index (χ1v) is 8.63. The summed E-state index contributed by atoms with van der Waals surface area (Å²) in [4.78, 5) is 16.7. The number of halogens is 1. The molecule has 1 aromatic carbocycles. The molecule has 0 spiro atoms. The smallest absolute Gasteiger partial charge is 0.175 e. The van der Waals surface area contributed by atoms with Gasteiger partial charge in [0.15, 0.2) is 5.82 Å². The van der Waals surface area contributed by atoms with Crippen molar-refractivity contribution in [3.05, 3.63) is 47.2 Å². The number of oxime groups is 1. The highest BCUT2D eigenvalue weighted by Gasteiger charge is 2.22. The van der Waals surface area contributed by atoms with Crippen LogP contribution in [0.1, 0.15) is 29.5 Å². The minimum atomic E-state index is -0.450. The maximum atomic E-state index is 15.0. The molecule has 0 aliphatic heterocycles. The normalized spacial score (nSPS) is 14.3. The molecule has 4 rings (SSSR count). The fraction of sp³-hybridized carbons (Fsp3) is 0.316. The molecule has 0 unspecified atom stereocenters. The monoisotopic (exact) mass is 353 g/mol. The van der Waals surface area contributed by atoms with Crippen molar-refractivity contribution in [1.29, 1.82) is 0 Å². The lowest BCUT2D eigenvalue weighted by atomic mass is 10.1. The minimum absolute atomic E-state index is 0.272. The van der Waals surface area contributed by atoms with Gasteiger partial charge in [0.05, 0.1) is 23.7 Å². The summed E-state index contributed by atoms with van der Waals surface area (Å²) in [5.41, 5.74) is 3.70. The van der Waals surface area contributed by atoms with Crippen LogP contribution >= 0.6 is 0 Å². The van der Waals surface area contributed by atoms with Gasteiger partial charge in [-0.25, -0.2) is 14.4 Å². The highest BCUT2D eigenvalue weighted by atomic mass is 19.1. The molecule has 2 N–H and O–H groups in total. The third-order valence-corrected chi connectivity index (χ3v) is 4.42. The van der Waals surface area contributed by atoms with Gasteiger partial charge in [-0.05, 0) is 49.8 Å². The maximum absolute atomic E-state index is 15.0. The number of aromatic amines is 1. The fourth-order valence-electron chi connectivity index (χ4n) is 2.78. The van der Waals surface area contributed by atoms with Gasteiger partial charge in [-0.2, -0.15) is 0 Å². The Hall–Kier alpha value is -2.96. The second-order valence-electron chi connectivity index (χ2n) is 6.73. The molecule has 2 aromatic heterocycles. The van der Waals surface area contributed by atoms with E-state index in [-0.39, 0.29) is 11.2 Å². The molecule has 0 bridgehead atoms. The average molecular weight is 353 g/mol. The van der Waals surface area contributed by atoms with Gasteiger partial charge in [-0.3, -0.25) is 0 Å². The highest BCUT2D eigenvalue weighted by molar-refractivity contribution is 5.96. The lowest BCUT2D eigenvalue weighted by Crippen LogP contribution is -2.04. The molecule has 1 saturated carbocycles. The summed E-state index contributed by atoms with van der Waals surface area (Å²) >= 11 is 0. The number of nitrogens with one attached hydrogen (secondary N) is 2. The van der Waals surface area contributed by atoms with Crippen molar-refractivity contribution in [2.45, 2.75) is 26.7 Å². The number of benzene rings is 1. The van der Waals surface area contributed by atoms with Crippen LogP contribution in [0.3, 0.4) is 0 Å². The van der Waals surface area contributed by atoms with E-state index in [9.17, 15) is 0 Å². The molecule has 1 aliphatic carbocycles. The SMILES string of the molecule is Cc1cnc(Nc2c(/C=N/OCC3CC3)cc3[nH]cnc3c2F)c(C)c1. The minimum Gasteiger partial charge on any atom is -0.396 e. The van der Waals surface area contributed by atoms with E-state index in [2.05, 4.69) is 25.4 Å². The van der Waals surface area contributed by atoms with Crippen LogP contribution in [0.5, 0.6) is 0 Å². The first kappa shape index (κ1) is 16.5. The van der Waals surface area contributed by atoms with Crippen LogP contribution in [0.25, 0.3) is 11.0 Å². The molecule has 7 heteroatoms.